The Morgan fingerprint density at radius 1 is 1.08 bits per heavy atom. The number of rotatable bonds is 6. The third kappa shape index (κ3) is 4.66. The Morgan fingerprint density at radius 2 is 1.62 bits per heavy atom. The maximum atomic E-state index is 11.5. The van der Waals surface area contributed by atoms with Crippen molar-refractivity contribution in [2.45, 2.75) is 37.3 Å². The minimum Gasteiger partial charge on any atom is -0.384 e. The summed E-state index contributed by atoms with van der Waals surface area (Å²) >= 11 is 0. The highest BCUT2D eigenvalue weighted by Crippen LogP contribution is 2.23. The van der Waals surface area contributed by atoms with Crippen LogP contribution in [-0.4, -0.2) is 26.3 Å². The van der Waals surface area contributed by atoms with Crippen LogP contribution in [0.2, 0.25) is 0 Å². The largest absolute Gasteiger partial charge is 0.384 e. The molecule has 5 heteroatoms. The van der Waals surface area contributed by atoms with E-state index in [2.05, 4.69) is 29.6 Å². The molecule has 0 aromatic heterocycles. The van der Waals surface area contributed by atoms with Crippen LogP contribution >= 0.6 is 0 Å². The highest BCUT2D eigenvalue weighted by Gasteiger charge is 2.24. The molecule has 4 nitrogen and oxygen atoms in total. The van der Waals surface area contributed by atoms with Gasteiger partial charge in [0.15, 0.2) is 9.84 Å². The minimum absolute atomic E-state index is 0.104. The number of benzene rings is 2. The third-order valence-electron chi connectivity index (χ3n) is 4.23. The van der Waals surface area contributed by atoms with Crippen LogP contribution in [0.5, 0.6) is 0 Å². The van der Waals surface area contributed by atoms with E-state index >= 15 is 0 Å². The van der Waals surface area contributed by atoms with E-state index in [1.807, 2.05) is 13.8 Å². The predicted molar refractivity (Wildman–Crippen MR) is 96.7 cm³/mol. The van der Waals surface area contributed by atoms with Gasteiger partial charge < -0.3 is 10.4 Å². The second-order valence-electron chi connectivity index (χ2n) is 6.58. The SMILES string of the molecule is Cc1ccc([C@H](C)NC[C@](C)(O)c2ccc(S(C)(=O)=O)cc2)cc1. The van der Waals surface area contributed by atoms with E-state index < -0.39 is 15.4 Å². The van der Waals surface area contributed by atoms with E-state index in [1.165, 1.54) is 24.0 Å². The van der Waals surface area contributed by atoms with Crippen molar-refractivity contribution >= 4 is 9.84 Å². The van der Waals surface area contributed by atoms with Gasteiger partial charge in [-0.2, -0.15) is 0 Å². The summed E-state index contributed by atoms with van der Waals surface area (Å²) in [7, 11) is -3.23. The smallest absolute Gasteiger partial charge is 0.175 e. The molecule has 2 aromatic rings. The van der Waals surface area contributed by atoms with Crippen LogP contribution in [0.15, 0.2) is 53.4 Å². The summed E-state index contributed by atoms with van der Waals surface area (Å²) in [5.41, 5.74) is 1.96. The molecule has 0 saturated carbocycles. The topological polar surface area (TPSA) is 66.4 Å². The van der Waals surface area contributed by atoms with E-state index in [1.54, 1.807) is 19.1 Å². The van der Waals surface area contributed by atoms with Gasteiger partial charge in [-0.25, -0.2) is 8.42 Å². The van der Waals surface area contributed by atoms with Crippen molar-refractivity contribution in [2.24, 2.45) is 0 Å². The van der Waals surface area contributed by atoms with Crippen LogP contribution in [0.3, 0.4) is 0 Å². The first-order chi connectivity index (χ1) is 11.1. The average Bonchev–Trinajstić information content (AvgIpc) is 2.53. The Hall–Kier alpha value is -1.69. The van der Waals surface area contributed by atoms with Gasteiger partial charge in [-0.15, -0.1) is 0 Å². The van der Waals surface area contributed by atoms with Crippen LogP contribution in [0.1, 0.15) is 36.6 Å². The van der Waals surface area contributed by atoms with E-state index in [0.717, 1.165) is 5.56 Å². The van der Waals surface area contributed by atoms with E-state index in [-0.39, 0.29) is 10.9 Å². The summed E-state index contributed by atoms with van der Waals surface area (Å²) in [6, 6.07) is 14.8. The lowest BCUT2D eigenvalue weighted by Gasteiger charge is -2.27. The van der Waals surface area contributed by atoms with Crippen molar-refractivity contribution in [3.8, 4) is 0 Å². The molecule has 2 atom stereocenters. The lowest BCUT2D eigenvalue weighted by Crippen LogP contribution is -2.36. The Balaban J connectivity index is 2.06. The fourth-order valence-electron chi connectivity index (χ4n) is 2.49. The molecule has 0 amide bonds. The average molecular weight is 347 g/mol. The molecule has 2 N–H and O–H groups in total. The van der Waals surface area contributed by atoms with Crippen molar-refractivity contribution in [3.05, 3.63) is 65.2 Å². The Labute approximate surface area is 144 Å². The Kier molecular flexibility index (Phi) is 5.48. The van der Waals surface area contributed by atoms with Gasteiger partial charge in [0, 0.05) is 18.8 Å². The van der Waals surface area contributed by atoms with Gasteiger partial charge in [0.1, 0.15) is 0 Å². The lowest BCUT2D eigenvalue weighted by atomic mass is 9.95. The molecule has 0 bridgehead atoms. The van der Waals surface area contributed by atoms with E-state index in [0.29, 0.717) is 12.1 Å². The van der Waals surface area contributed by atoms with Crippen molar-refractivity contribution in [1.82, 2.24) is 5.32 Å². The lowest BCUT2D eigenvalue weighted by molar-refractivity contribution is 0.0543. The standard InChI is InChI=1S/C19H25NO3S/c1-14-5-7-16(8-6-14)15(2)20-13-19(3,21)17-9-11-18(12-10-17)24(4,22)23/h5-12,15,20-21H,13H2,1-4H3/t15-,19-/m0/s1. The van der Waals surface area contributed by atoms with Gasteiger partial charge in [-0.05, 0) is 44.0 Å². The minimum atomic E-state index is -3.23. The highest BCUT2D eigenvalue weighted by atomic mass is 32.2. The molecule has 0 aliphatic carbocycles. The highest BCUT2D eigenvalue weighted by molar-refractivity contribution is 7.90. The van der Waals surface area contributed by atoms with Crippen molar-refractivity contribution < 1.29 is 13.5 Å². The molecule has 0 spiro atoms. The molecule has 2 aromatic carbocycles. The molecular weight excluding hydrogens is 322 g/mol. The van der Waals surface area contributed by atoms with Gasteiger partial charge in [0.25, 0.3) is 0 Å². The molecule has 0 saturated heterocycles. The number of aliphatic hydroxyl groups is 1. The number of hydrogen-bond donors (Lipinski definition) is 2. The van der Waals surface area contributed by atoms with E-state index in [9.17, 15) is 13.5 Å². The first-order valence-electron chi connectivity index (χ1n) is 7.92. The summed E-state index contributed by atoms with van der Waals surface area (Å²) in [5, 5.41) is 14.0. The van der Waals surface area contributed by atoms with Crippen LogP contribution < -0.4 is 5.32 Å². The van der Waals surface area contributed by atoms with Crippen molar-refractivity contribution in [1.29, 1.82) is 0 Å². The number of nitrogens with one attached hydrogen (secondary N) is 1. The number of sulfone groups is 1. The summed E-state index contributed by atoms with van der Waals surface area (Å²) in [4.78, 5) is 0.253. The fourth-order valence-corrected chi connectivity index (χ4v) is 3.12. The first kappa shape index (κ1) is 18.6. The van der Waals surface area contributed by atoms with Crippen LogP contribution in [0.25, 0.3) is 0 Å². The summed E-state index contributed by atoms with van der Waals surface area (Å²) in [6.45, 7) is 6.18. The van der Waals surface area contributed by atoms with Crippen molar-refractivity contribution in [3.63, 3.8) is 0 Å². The van der Waals surface area contributed by atoms with Crippen molar-refractivity contribution in [2.75, 3.05) is 12.8 Å². The zero-order valence-corrected chi connectivity index (χ0v) is 15.4. The molecule has 2 rings (SSSR count). The zero-order valence-electron chi connectivity index (χ0n) is 14.6. The normalized spacial score (nSPS) is 15.7. The molecule has 0 heterocycles. The third-order valence-corrected chi connectivity index (χ3v) is 5.36. The molecule has 0 aliphatic heterocycles. The first-order valence-corrected chi connectivity index (χ1v) is 9.82. The van der Waals surface area contributed by atoms with Gasteiger partial charge in [-0.1, -0.05) is 42.0 Å². The zero-order chi connectivity index (χ0) is 18.0. The molecule has 24 heavy (non-hydrogen) atoms. The molecule has 0 unspecified atom stereocenters. The van der Waals surface area contributed by atoms with Crippen LogP contribution in [0.4, 0.5) is 0 Å². The molecule has 130 valence electrons. The monoisotopic (exact) mass is 347 g/mol. The molecule has 0 radical (unpaired) electrons. The van der Waals surface area contributed by atoms with Gasteiger partial charge in [0.05, 0.1) is 10.5 Å². The second kappa shape index (κ2) is 7.05. The number of hydrogen-bond acceptors (Lipinski definition) is 4. The maximum absolute atomic E-state index is 11.5. The molecular formula is C19H25NO3S. The molecule has 0 aliphatic rings. The van der Waals surface area contributed by atoms with E-state index in [4.69, 9.17) is 0 Å². The van der Waals surface area contributed by atoms with Gasteiger partial charge >= 0.3 is 0 Å². The second-order valence-corrected chi connectivity index (χ2v) is 8.60. The van der Waals surface area contributed by atoms with Crippen LogP contribution in [-0.2, 0) is 15.4 Å². The van der Waals surface area contributed by atoms with Gasteiger partial charge in [0.2, 0.25) is 0 Å². The maximum Gasteiger partial charge on any atom is 0.175 e. The Morgan fingerprint density at radius 3 is 2.12 bits per heavy atom. The summed E-state index contributed by atoms with van der Waals surface area (Å²) in [5.74, 6) is 0. The number of aryl methyl sites for hydroxylation is 1. The Bertz CT molecular complexity index is 778. The van der Waals surface area contributed by atoms with Gasteiger partial charge in [-0.3, -0.25) is 0 Å². The fraction of sp³-hybridized carbons (Fsp3) is 0.368. The summed E-state index contributed by atoms with van der Waals surface area (Å²) in [6.07, 6.45) is 1.17. The summed E-state index contributed by atoms with van der Waals surface area (Å²) < 4.78 is 23.0. The van der Waals surface area contributed by atoms with Crippen LogP contribution in [0, 0.1) is 6.92 Å². The predicted octanol–water partition coefficient (Wildman–Crippen LogP) is 2.96. The quantitative estimate of drug-likeness (QED) is 0.843. The molecule has 0 fully saturated rings.